The Morgan fingerprint density at radius 1 is 1.11 bits per heavy atom. The smallest absolute Gasteiger partial charge is 0.0991 e. The van der Waals surface area contributed by atoms with E-state index in [2.05, 4.69) is 32.9 Å². The molecule has 3 aliphatic carbocycles. The Kier molecular flexibility index (Phi) is 3.11. The van der Waals surface area contributed by atoms with E-state index in [0.717, 1.165) is 12.0 Å². The zero-order chi connectivity index (χ0) is 13.6. The second kappa shape index (κ2) is 4.54. The topological polar surface area (TPSA) is 20.2 Å². The zero-order valence-electron chi connectivity index (χ0n) is 12.5. The maximum Gasteiger partial charge on any atom is 0.0991 e. The molecule has 3 aliphatic rings. The van der Waals surface area contributed by atoms with Crippen LogP contribution in [0.25, 0.3) is 0 Å². The number of fused-ring (bicyclic) bond motifs is 2. The summed E-state index contributed by atoms with van der Waals surface area (Å²) in [5.41, 5.74) is 4.61. The molecular formula is C18H26O. The maximum absolute atomic E-state index is 10.6. The molecule has 0 aromatic rings. The van der Waals surface area contributed by atoms with Crippen LogP contribution in [0.4, 0.5) is 0 Å². The molecule has 0 aromatic heterocycles. The fourth-order valence-corrected chi connectivity index (χ4v) is 4.21. The average molecular weight is 258 g/mol. The van der Waals surface area contributed by atoms with Gasteiger partial charge in [-0.2, -0.15) is 0 Å². The number of hydrogen-bond acceptors (Lipinski definition) is 1. The van der Waals surface area contributed by atoms with E-state index in [0.29, 0.717) is 17.6 Å². The third kappa shape index (κ3) is 2.07. The van der Waals surface area contributed by atoms with Crippen molar-refractivity contribution in [3.05, 3.63) is 34.6 Å². The first-order valence-corrected chi connectivity index (χ1v) is 7.78. The summed E-state index contributed by atoms with van der Waals surface area (Å²) in [4.78, 5) is 0. The van der Waals surface area contributed by atoms with Crippen molar-refractivity contribution in [3.63, 3.8) is 0 Å². The Morgan fingerprint density at radius 2 is 1.74 bits per heavy atom. The Labute approximate surface area is 117 Å². The summed E-state index contributed by atoms with van der Waals surface area (Å²) in [6.07, 6.45) is 12.1. The van der Waals surface area contributed by atoms with Gasteiger partial charge in [-0.15, -0.1) is 0 Å². The molecule has 0 aliphatic heterocycles. The maximum atomic E-state index is 10.6. The standard InChI is InChI=1S/C18H26O/c1-12-8-9-15-10-13-6-4-5-7-14(13)11-16(17(12)19)18(15,2)3/h8-9,15-16,19H,4-7,10-11H2,1-3H3/t15-,16-/m0/s1. The fraction of sp³-hybridized carbons (Fsp3) is 0.667. The summed E-state index contributed by atoms with van der Waals surface area (Å²) in [5.74, 6) is 1.52. The number of aliphatic hydroxyl groups excluding tert-OH is 1. The molecule has 0 radical (unpaired) electrons. The monoisotopic (exact) mass is 258 g/mol. The summed E-state index contributed by atoms with van der Waals surface area (Å²) in [7, 11) is 0. The SMILES string of the molecule is CC1=C(O)[C@@H]2CC3=C(CCCC3)C[C@H](C=C1)C2(C)C. The van der Waals surface area contributed by atoms with Crippen LogP contribution >= 0.6 is 0 Å². The minimum absolute atomic E-state index is 0.162. The number of aliphatic hydroxyl groups is 1. The van der Waals surface area contributed by atoms with Gasteiger partial charge in [0.25, 0.3) is 0 Å². The molecule has 1 N–H and O–H groups in total. The highest BCUT2D eigenvalue weighted by molar-refractivity contribution is 5.33. The average Bonchev–Trinajstić information content (AvgIpc) is 2.54. The zero-order valence-corrected chi connectivity index (χ0v) is 12.5. The number of allylic oxidation sites excluding steroid dienone is 6. The van der Waals surface area contributed by atoms with Gasteiger partial charge < -0.3 is 5.11 Å². The van der Waals surface area contributed by atoms with Gasteiger partial charge in [-0.25, -0.2) is 0 Å². The van der Waals surface area contributed by atoms with Crippen LogP contribution in [0.5, 0.6) is 0 Å². The van der Waals surface area contributed by atoms with E-state index in [1.165, 1.54) is 32.1 Å². The summed E-state index contributed by atoms with van der Waals surface area (Å²) < 4.78 is 0. The van der Waals surface area contributed by atoms with Crippen molar-refractivity contribution in [2.45, 2.75) is 59.3 Å². The lowest BCUT2D eigenvalue weighted by Crippen LogP contribution is -2.31. The quantitative estimate of drug-likeness (QED) is 0.584. The molecule has 2 atom stereocenters. The first-order chi connectivity index (χ1) is 9.00. The van der Waals surface area contributed by atoms with Crippen molar-refractivity contribution in [1.29, 1.82) is 0 Å². The third-order valence-corrected chi connectivity index (χ3v) is 5.79. The minimum atomic E-state index is 0.162. The van der Waals surface area contributed by atoms with Crippen LogP contribution in [-0.4, -0.2) is 5.11 Å². The van der Waals surface area contributed by atoms with E-state index in [1.54, 1.807) is 11.1 Å². The highest BCUT2D eigenvalue weighted by Crippen LogP contribution is 2.52. The van der Waals surface area contributed by atoms with Crippen molar-refractivity contribution in [1.82, 2.24) is 0 Å². The normalized spacial score (nSPS) is 33.8. The Morgan fingerprint density at radius 3 is 2.42 bits per heavy atom. The lowest BCUT2D eigenvalue weighted by Gasteiger charge is -2.37. The van der Waals surface area contributed by atoms with Gasteiger partial charge in [-0.05, 0) is 62.4 Å². The Balaban J connectivity index is 2.08. The molecular weight excluding hydrogens is 232 g/mol. The molecule has 19 heavy (non-hydrogen) atoms. The van der Waals surface area contributed by atoms with E-state index in [9.17, 15) is 5.11 Å². The molecule has 1 heteroatoms. The molecule has 2 bridgehead atoms. The van der Waals surface area contributed by atoms with E-state index in [-0.39, 0.29) is 5.41 Å². The van der Waals surface area contributed by atoms with Gasteiger partial charge in [0.05, 0.1) is 5.76 Å². The predicted octanol–water partition coefficient (Wildman–Crippen LogP) is 5.31. The molecule has 0 saturated carbocycles. The molecule has 0 fully saturated rings. The predicted molar refractivity (Wildman–Crippen MR) is 80.0 cm³/mol. The van der Waals surface area contributed by atoms with E-state index in [4.69, 9.17) is 0 Å². The van der Waals surface area contributed by atoms with Crippen LogP contribution in [0, 0.1) is 17.3 Å². The largest absolute Gasteiger partial charge is 0.512 e. The molecule has 104 valence electrons. The van der Waals surface area contributed by atoms with Gasteiger partial charge in [0, 0.05) is 5.92 Å². The van der Waals surface area contributed by atoms with Crippen LogP contribution in [-0.2, 0) is 0 Å². The van der Waals surface area contributed by atoms with E-state index >= 15 is 0 Å². The minimum Gasteiger partial charge on any atom is -0.512 e. The first-order valence-electron chi connectivity index (χ1n) is 7.78. The molecule has 1 nitrogen and oxygen atoms in total. The van der Waals surface area contributed by atoms with E-state index in [1.807, 2.05) is 0 Å². The van der Waals surface area contributed by atoms with Gasteiger partial charge >= 0.3 is 0 Å². The molecule has 0 unspecified atom stereocenters. The van der Waals surface area contributed by atoms with Gasteiger partial charge in [-0.3, -0.25) is 0 Å². The second-order valence-corrected chi connectivity index (χ2v) is 7.23. The van der Waals surface area contributed by atoms with Crippen LogP contribution in [0.2, 0.25) is 0 Å². The highest BCUT2D eigenvalue weighted by atomic mass is 16.3. The van der Waals surface area contributed by atoms with Crippen molar-refractivity contribution in [2.75, 3.05) is 0 Å². The Hall–Kier alpha value is -0.980. The summed E-state index contributed by atoms with van der Waals surface area (Å²) in [6.45, 7) is 6.74. The van der Waals surface area contributed by atoms with Crippen LogP contribution in [0.3, 0.4) is 0 Å². The molecule has 0 amide bonds. The first kappa shape index (κ1) is 13.0. The van der Waals surface area contributed by atoms with Crippen LogP contribution < -0.4 is 0 Å². The summed E-state index contributed by atoms with van der Waals surface area (Å²) in [6, 6.07) is 0. The third-order valence-electron chi connectivity index (χ3n) is 5.79. The lowest BCUT2D eigenvalue weighted by atomic mass is 9.67. The highest BCUT2D eigenvalue weighted by Gasteiger charge is 2.43. The second-order valence-electron chi connectivity index (χ2n) is 7.23. The summed E-state index contributed by atoms with van der Waals surface area (Å²) in [5, 5.41) is 10.6. The van der Waals surface area contributed by atoms with Crippen molar-refractivity contribution < 1.29 is 5.11 Å². The van der Waals surface area contributed by atoms with Crippen LogP contribution in [0.1, 0.15) is 59.3 Å². The van der Waals surface area contributed by atoms with E-state index < -0.39 is 0 Å². The van der Waals surface area contributed by atoms with Crippen LogP contribution in [0.15, 0.2) is 34.6 Å². The van der Waals surface area contributed by atoms with Gasteiger partial charge in [-0.1, -0.05) is 37.1 Å². The van der Waals surface area contributed by atoms with Crippen molar-refractivity contribution in [3.8, 4) is 0 Å². The van der Waals surface area contributed by atoms with Crippen molar-refractivity contribution in [2.24, 2.45) is 17.3 Å². The van der Waals surface area contributed by atoms with Gasteiger partial charge in [0.1, 0.15) is 0 Å². The Bertz CT molecular complexity index is 476. The van der Waals surface area contributed by atoms with Gasteiger partial charge in [0.15, 0.2) is 0 Å². The van der Waals surface area contributed by atoms with Gasteiger partial charge in [0.2, 0.25) is 0 Å². The number of hydrogen-bond donors (Lipinski definition) is 1. The molecule has 0 saturated heterocycles. The lowest BCUT2D eigenvalue weighted by molar-refractivity contribution is 0.135. The molecule has 0 spiro atoms. The number of rotatable bonds is 0. The van der Waals surface area contributed by atoms with Crippen molar-refractivity contribution >= 4 is 0 Å². The molecule has 0 aromatic carbocycles. The molecule has 0 heterocycles. The summed E-state index contributed by atoms with van der Waals surface area (Å²) >= 11 is 0. The molecule has 3 rings (SSSR count). The fourth-order valence-electron chi connectivity index (χ4n) is 4.21.